The fraction of sp³-hybridized carbons (Fsp3) is 0.350. The molecule has 3 heterocycles. The normalized spacial score (nSPS) is 17.7. The molecule has 1 aromatic carbocycles. The van der Waals surface area contributed by atoms with Crippen molar-refractivity contribution in [1.29, 1.82) is 0 Å². The third-order valence-corrected chi connectivity index (χ3v) is 5.50. The molecule has 0 N–H and O–H groups in total. The van der Waals surface area contributed by atoms with Gasteiger partial charge in [-0.05, 0) is 43.0 Å². The highest BCUT2D eigenvalue weighted by Crippen LogP contribution is 2.24. The summed E-state index contributed by atoms with van der Waals surface area (Å²) in [5, 5.41) is 5.94. The van der Waals surface area contributed by atoms with Gasteiger partial charge in [0, 0.05) is 12.5 Å². The zero-order chi connectivity index (χ0) is 18.5. The number of Topliss-reactive ketones (excluding diaryl/α,β-unsaturated/α-hetero) is 1. The first-order valence-corrected chi connectivity index (χ1v) is 9.95. The van der Waals surface area contributed by atoms with E-state index in [4.69, 9.17) is 9.26 Å². The van der Waals surface area contributed by atoms with Crippen LogP contribution in [0.2, 0.25) is 0 Å². The van der Waals surface area contributed by atoms with Crippen molar-refractivity contribution in [2.75, 3.05) is 13.1 Å². The Morgan fingerprint density at radius 2 is 2.15 bits per heavy atom. The van der Waals surface area contributed by atoms with Gasteiger partial charge >= 0.3 is 0 Å². The molecule has 0 aliphatic carbocycles. The van der Waals surface area contributed by atoms with Gasteiger partial charge in [0.2, 0.25) is 11.7 Å². The smallest absolute Gasteiger partial charge is 0.240 e. The molecule has 0 unspecified atom stereocenters. The molecule has 1 atom stereocenters. The minimum atomic E-state index is 0.0428. The van der Waals surface area contributed by atoms with Crippen LogP contribution < -0.4 is 4.74 Å². The summed E-state index contributed by atoms with van der Waals surface area (Å²) in [5.41, 5.74) is 0. The largest absolute Gasteiger partial charge is 0.485 e. The lowest BCUT2D eigenvalue weighted by molar-refractivity contribution is 0.0801. The number of likely N-dealkylation sites (tertiary alicyclic amines) is 1. The van der Waals surface area contributed by atoms with Crippen molar-refractivity contribution >= 4 is 17.1 Å². The third kappa shape index (κ3) is 4.61. The van der Waals surface area contributed by atoms with Gasteiger partial charge in [0.05, 0.1) is 11.4 Å². The van der Waals surface area contributed by atoms with Crippen molar-refractivity contribution < 1.29 is 14.1 Å². The number of carbonyl (C=O) groups is 1. The van der Waals surface area contributed by atoms with Crippen LogP contribution in [-0.4, -0.2) is 33.9 Å². The number of thiophene rings is 1. The molecule has 0 spiro atoms. The maximum absolute atomic E-state index is 12.6. The molecule has 1 fully saturated rings. The summed E-state index contributed by atoms with van der Waals surface area (Å²) in [6.45, 7) is 2.50. The molecule has 3 aromatic rings. The second-order valence-corrected chi connectivity index (χ2v) is 7.57. The quantitative estimate of drug-likeness (QED) is 0.578. The van der Waals surface area contributed by atoms with Crippen molar-refractivity contribution in [2.45, 2.75) is 26.0 Å². The molecule has 140 valence electrons. The maximum Gasteiger partial charge on any atom is 0.240 e. The highest BCUT2D eigenvalue weighted by Gasteiger charge is 2.28. The molecule has 27 heavy (non-hydrogen) atoms. The number of benzene rings is 1. The molecular formula is C20H21N3O3S. The van der Waals surface area contributed by atoms with Gasteiger partial charge in [0.15, 0.2) is 12.4 Å². The Bertz CT molecular complexity index is 864. The minimum Gasteiger partial charge on any atom is -0.485 e. The van der Waals surface area contributed by atoms with Crippen LogP contribution in [0.4, 0.5) is 0 Å². The lowest BCUT2D eigenvalue weighted by Gasteiger charge is -2.30. The number of aromatic nitrogens is 2. The van der Waals surface area contributed by atoms with E-state index < -0.39 is 0 Å². The number of rotatable bonds is 7. The second-order valence-electron chi connectivity index (χ2n) is 6.62. The van der Waals surface area contributed by atoms with Gasteiger partial charge < -0.3 is 9.26 Å². The fourth-order valence-electron chi connectivity index (χ4n) is 3.30. The van der Waals surface area contributed by atoms with E-state index in [1.54, 1.807) is 0 Å². The van der Waals surface area contributed by atoms with E-state index in [2.05, 4.69) is 15.0 Å². The number of nitrogens with zero attached hydrogens (tertiary/aromatic N) is 3. The average Bonchev–Trinajstić information content (AvgIpc) is 3.39. The number of hydrogen-bond donors (Lipinski definition) is 0. The van der Waals surface area contributed by atoms with Gasteiger partial charge in [-0.2, -0.15) is 4.98 Å². The Morgan fingerprint density at radius 3 is 2.96 bits per heavy atom. The minimum absolute atomic E-state index is 0.0428. The predicted molar refractivity (Wildman–Crippen MR) is 102 cm³/mol. The third-order valence-electron chi connectivity index (χ3n) is 4.62. The summed E-state index contributed by atoms with van der Waals surface area (Å²) in [7, 11) is 0. The molecule has 1 aliphatic heterocycles. The molecule has 1 aliphatic rings. The van der Waals surface area contributed by atoms with E-state index in [9.17, 15) is 4.79 Å². The van der Waals surface area contributed by atoms with Gasteiger partial charge in [-0.25, -0.2) is 0 Å². The molecule has 0 amide bonds. The fourth-order valence-corrected chi connectivity index (χ4v) is 4.05. The SMILES string of the molecule is O=C(c1cccs1)[C@@H]1CCCN(Cc2nc(COc3ccccc3)no2)C1. The molecule has 2 aromatic heterocycles. The first-order chi connectivity index (χ1) is 13.3. The summed E-state index contributed by atoms with van der Waals surface area (Å²) in [4.78, 5) is 20.1. The van der Waals surface area contributed by atoms with E-state index in [0.29, 0.717) is 18.3 Å². The Morgan fingerprint density at radius 1 is 1.26 bits per heavy atom. The van der Waals surface area contributed by atoms with Crippen molar-refractivity contribution in [1.82, 2.24) is 15.0 Å². The Labute approximate surface area is 161 Å². The van der Waals surface area contributed by atoms with Crippen LogP contribution in [0.15, 0.2) is 52.4 Å². The number of para-hydroxylation sites is 1. The van der Waals surface area contributed by atoms with Crippen LogP contribution in [0.1, 0.15) is 34.2 Å². The first-order valence-electron chi connectivity index (χ1n) is 9.07. The Hall–Kier alpha value is -2.51. The summed E-state index contributed by atoms with van der Waals surface area (Å²) in [6, 6.07) is 13.4. The average molecular weight is 383 g/mol. The molecule has 1 saturated heterocycles. The van der Waals surface area contributed by atoms with Gasteiger partial charge in [-0.1, -0.05) is 29.4 Å². The Balaban J connectivity index is 1.31. The first kappa shape index (κ1) is 17.9. The van der Waals surface area contributed by atoms with Crippen molar-refractivity contribution in [3.63, 3.8) is 0 Å². The zero-order valence-electron chi connectivity index (χ0n) is 14.9. The topological polar surface area (TPSA) is 68.5 Å². The molecule has 0 bridgehead atoms. The molecule has 0 radical (unpaired) electrons. The number of hydrogen-bond acceptors (Lipinski definition) is 7. The lowest BCUT2D eigenvalue weighted by Crippen LogP contribution is -2.38. The van der Waals surface area contributed by atoms with E-state index >= 15 is 0 Å². The number of carbonyl (C=O) groups excluding carboxylic acids is 1. The highest BCUT2D eigenvalue weighted by atomic mass is 32.1. The molecular weight excluding hydrogens is 362 g/mol. The van der Waals surface area contributed by atoms with E-state index in [1.807, 2.05) is 47.8 Å². The van der Waals surface area contributed by atoms with Gasteiger partial charge in [-0.15, -0.1) is 11.3 Å². The predicted octanol–water partition coefficient (Wildman–Crippen LogP) is 3.81. The summed E-state index contributed by atoms with van der Waals surface area (Å²) < 4.78 is 11.0. The number of ketones is 1. The highest BCUT2D eigenvalue weighted by molar-refractivity contribution is 7.12. The van der Waals surface area contributed by atoms with E-state index in [0.717, 1.165) is 36.6 Å². The maximum atomic E-state index is 12.6. The summed E-state index contributed by atoms with van der Waals surface area (Å²) >= 11 is 1.51. The zero-order valence-corrected chi connectivity index (χ0v) is 15.7. The van der Waals surface area contributed by atoms with E-state index in [1.165, 1.54) is 11.3 Å². The summed E-state index contributed by atoms with van der Waals surface area (Å²) in [6.07, 6.45) is 1.94. The van der Waals surface area contributed by atoms with Crippen molar-refractivity contribution in [3.8, 4) is 5.75 Å². The standard InChI is InChI=1S/C20H21N3O3S/c24-20(17-9-5-11-27-17)15-6-4-10-23(12-15)13-19-21-18(22-26-19)14-25-16-7-2-1-3-8-16/h1-3,5,7-9,11,15H,4,6,10,12-14H2/t15-/m1/s1. The Kier molecular flexibility index (Phi) is 5.60. The summed E-state index contributed by atoms with van der Waals surface area (Å²) in [5.74, 6) is 2.15. The molecule has 0 saturated carbocycles. The van der Waals surface area contributed by atoms with Gasteiger partial charge in [0.1, 0.15) is 5.75 Å². The number of ether oxygens (including phenoxy) is 1. The molecule has 7 heteroatoms. The second kappa shape index (κ2) is 8.45. The number of piperidine rings is 1. The monoisotopic (exact) mass is 383 g/mol. The van der Waals surface area contributed by atoms with Crippen LogP contribution in [0.5, 0.6) is 5.75 Å². The van der Waals surface area contributed by atoms with Crippen molar-refractivity contribution in [3.05, 3.63) is 64.4 Å². The van der Waals surface area contributed by atoms with Crippen LogP contribution >= 0.6 is 11.3 Å². The van der Waals surface area contributed by atoms with Crippen LogP contribution in [0, 0.1) is 5.92 Å². The lowest BCUT2D eigenvalue weighted by atomic mass is 9.93. The molecule has 6 nitrogen and oxygen atoms in total. The molecule has 4 rings (SSSR count). The van der Waals surface area contributed by atoms with E-state index in [-0.39, 0.29) is 18.3 Å². The van der Waals surface area contributed by atoms with Crippen LogP contribution in [0.3, 0.4) is 0 Å². The van der Waals surface area contributed by atoms with Gasteiger partial charge in [0.25, 0.3) is 0 Å². The van der Waals surface area contributed by atoms with Crippen LogP contribution in [0.25, 0.3) is 0 Å². The van der Waals surface area contributed by atoms with Crippen LogP contribution in [-0.2, 0) is 13.2 Å². The van der Waals surface area contributed by atoms with Gasteiger partial charge in [-0.3, -0.25) is 9.69 Å². The van der Waals surface area contributed by atoms with Crippen molar-refractivity contribution in [2.24, 2.45) is 5.92 Å².